The minimum atomic E-state index is -0.992. The summed E-state index contributed by atoms with van der Waals surface area (Å²) in [5.74, 6) is -1.41. The Balaban J connectivity index is 1.45. The van der Waals surface area contributed by atoms with E-state index in [2.05, 4.69) is 38.3 Å². The number of likely N-dealkylation sites (N-methyl/N-ethyl adjacent to an activating group) is 1. The van der Waals surface area contributed by atoms with Gasteiger partial charge >= 0.3 is 0 Å². The fourth-order valence-electron chi connectivity index (χ4n) is 5.52. The maximum absolute atomic E-state index is 13.5. The van der Waals surface area contributed by atoms with E-state index in [4.69, 9.17) is 9.47 Å². The molecule has 2 atom stereocenters. The van der Waals surface area contributed by atoms with E-state index in [-0.39, 0.29) is 68.0 Å². The number of nitrogens with one attached hydrogen (secondary N) is 4. The summed E-state index contributed by atoms with van der Waals surface area (Å²) in [6, 6.07) is 13.2. The second kappa shape index (κ2) is 18.7. The van der Waals surface area contributed by atoms with Crippen LogP contribution in [0.2, 0.25) is 0 Å². The van der Waals surface area contributed by atoms with Crippen LogP contribution < -0.4 is 26.0 Å². The van der Waals surface area contributed by atoms with Gasteiger partial charge in [-0.05, 0) is 49.4 Å². The number of benzene rings is 2. The minimum Gasteiger partial charge on any atom is -0.491 e. The monoisotopic (exact) mass is 664 g/mol. The number of para-hydroxylation sites is 1. The smallest absolute Gasteiger partial charge is 0.255 e. The van der Waals surface area contributed by atoms with Gasteiger partial charge in [-0.1, -0.05) is 36.4 Å². The predicted octanol–water partition coefficient (Wildman–Crippen LogP) is 1.36. The van der Waals surface area contributed by atoms with Gasteiger partial charge in [0.1, 0.15) is 18.4 Å². The van der Waals surface area contributed by atoms with Crippen molar-refractivity contribution < 1.29 is 33.4 Å². The fraction of sp³-hybridized carbons (Fsp3) is 0.514. The number of hydrogen-bond donors (Lipinski definition) is 4. The molecule has 2 aromatic rings. The van der Waals surface area contributed by atoms with Gasteiger partial charge in [-0.25, -0.2) is 0 Å². The molecule has 0 unspecified atom stereocenters. The summed E-state index contributed by atoms with van der Waals surface area (Å²) in [7, 11) is 1.57. The fourth-order valence-corrected chi connectivity index (χ4v) is 5.52. The number of fused-ring (bicyclic) bond motifs is 1. The number of hydrogen-bond acceptors (Lipinski definition) is 8. The Morgan fingerprint density at radius 3 is 2.52 bits per heavy atom. The van der Waals surface area contributed by atoms with E-state index in [1.165, 1.54) is 4.90 Å². The zero-order valence-corrected chi connectivity index (χ0v) is 27.9. The molecule has 48 heavy (non-hydrogen) atoms. The van der Waals surface area contributed by atoms with Crippen molar-refractivity contribution in [2.75, 3.05) is 53.0 Å². The predicted molar refractivity (Wildman–Crippen MR) is 179 cm³/mol. The Bertz CT molecular complexity index is 1410. The molecule has 0 bridgehead atoms. The van der Waals surface area contributed by atoms with Gasteiger partial charge in [0.25, 0.3) is 5.91 Å². The molecule has 0 saturated carbocycles. The second-order valence-electron chi connectivity index (χ2n) is 12.3. The van der Waals surface area contributed by atoms with Gasteiger partial charge in [-0.3, -0.25) is 28.9 Å². The van der Waals surface area contributed by atoms with Crippen molar-refractivity contribution in [1.29, 1.82) is 0 Å². The normalized spacial score (nSPS) is 21.4. The van der Waals surface area contributed by atoms with E-state index >= 15 is 0 Å². The van der Waals surface area contributed by atoms with Gasteiger partial charge in [0, 0.05) is 52.6 Å². The summed E-state index contributed by atoms with van der Waals surface area (Å²) in [6.45, 7) is 6.33. The van der Waals surface area contributed by atoms with Crippen LogP contribution in [-0.4, -0.2) is 104 Å². The second-order valence-corrected chi connectivity index (χ2v) is 12.3. The van der Waals surface area contributed by atoms with Crippen molar-refractivity contribution in [3.05, 3.63) is 65.2 Å². The molecule has 2 heterocycles. The van der Waals surface area contributed by atoms with Crippen LogP contribution in [0.3, 0.4) is 0 Å². The average Bonchev–Trinajstić information content (AvgIpc) is 3.08. The van der Waals surface area contributed by atoms with E-state index in [1.807, 2.05) is 12.1 Å². The maximum atomic E-state index is 13.5. The van der Waals surface area contributed by atoms with Crippen LogP contribution >= 0.6 is 0 Å². The summed E-state index contributed by atoms with van der Waals surface area (Å²) >= 11 is 0. The van der Waals surface area contributed by atoms with Crippen molar-refractivity contribution in [3.63, 3.8) is 0 Å². The first-order chi connectivity index (χ1) is 23.2. The third-order valence-electron chi connectivity index (χ3n) is 8.22. The number of rotatable bonds is 5. The van der Waals surface area contributed by atoms with Crippen molar-refractivity contribution >= 4 is 29.5 Å². The molecule has 2 aromatic carbocycles. The van der Waals surface area contributed by atoms with Crippen LogP contribution in [0, 0.1) is 0 Å². The molecule has 0 spiro atoms. The zero-order valence-electron chi connectivity index (χ0n) is 27.9. The topological polar surface area (TPSA) is 158 Å². The third-order valence-corrected chi connectivity index (χ3v) is 8.22. The molecule has 2 aliphatic heterocycles. The van der Waals surface area contributed by atoms with E-state index in [0.29, 0.717) is 32.6 Å². The zero-order chi connectivity index (χ0) is 34.3. The lowest BCUT2D eigenvalue weighted by Gasteiger charge is -2.26. The maximum Gasteiger partial charge on any atom is 0.255 e. The molecule has 0 aromatic heterocycles. The molecule has 260 valence electrons. The van der Waals surface area contributed by atoms with E-state index < -0.39 is 23.9 Å². The molecular weight excluding hydrogens is 616 g/mol. The first kappa shape index (κ1) is 36.3. The van der Waals surface area contributed by atoms with Gasteiger partial charge < -0.3 is 35.6 Å². The highest BCUT2D eigenvalue weighted by atomic mass is 16.5. The summed E-state index contributed by atoms with van der Waals surface area (Å²) in [4.78, 5) is 68.4. The number of amides is 5. The lowest BCUT2D eigenvalue weighted by atomic mass is 10.1. The van der Waals surface area contributed by atoms with Gasteiger partial charge in [0.05, 0.1) is 31.4 Å². The quantitative estimate of drug-likeness (QED) is 0.373. The molecule has 0 radical (unpaired) electrons. The molecule has 1 saturated heterocycles. The van der Waals surface area contributed by atoms with E-state index in [1.54, 1.807) is 38.2 Å². The molecular formula is C35H48N6O7. The van der Waals surface area contributed by atoms with Crippen LogP contribution in [-0.2, 0) is 37.0 Å². The van der Waals surface area contributed by atoms with E-state index in [0.717, 1.165) is 30.8 Å². The molecule has 13 heteroatoms. The van der Waals surface area contributed by atoms with Crippen molar-refractivity contribution in [2.45, 2.75) is 64.2 Å². The highest BCUT2D eigenvalue weighted by Crippen LogP contribution is 2.19. The number of morpholine rings is 1. The standard InChI is InChI=1S/C35H48N6O7/c1-25-24-48-30-11-4-3-10-28(30)34(45)39-29(13-14-31(42)36-15-6-5-12-33(44)40(2)23-32(43)38-25)35(46)37-21-26-8-7-9-27(20-26)22-41-16-18-47-19-17-41/h3-4,7-11,20,25,29H,5-6,12-19,21-24H2,1-2H3,(H,36,42)(H,37,46)(H,38,43)(H,39,45)/t25-,29-/m0/s1. The largest absolute Gasteiger partial charge is 0.491 e. The molecule has 13 nitrogen and oxygen atoms in total. The average molecular weight is 665 g/mol. The number of carbonyl (C=O) groups excluding carboxylic acids is 5. The van der Waals surface area contributed by atoms with Gasteiger partial charge in [0.2, 0.25) is 23.6 Å². The van der Waals surface area contributed by atoms with Crippen molar-refractivity contribution in [2.24, 2.45) is 0 Å². The van der Waals surface area contributed by atoms with Gasteiger partial charge in [0.15, 0.2) is 0 Å². The Morgan fingerprint density at radius 1 is 0.938 bits per heavy atom. The number of ether oxygens (including phenoxy) is 2. The summed E-state index contributed by atoms with van der Waals surface area (Å²) in [5, 5.41) is 11.4. The van der Waals surface area contributed by atoms with Gasteiger partial charge in [-0.15, -0.1) is 0 Å². The first-order valence-electron chi connectivity index (χ1n) is 16.7. The van der Waals surface area contributed by atoms with Crippen LogP contribution in [0.15, 0.2) is 48.5 Å². The summed E-state index contributed by atoms with van der Waals surface area (Å²) < 4.78 is 11.4. The third kappa shape index (κ3) is 11.9. The van der Waals surface area contributed by atoms with Crippen LogP contribution in [0.25, 0.3) is 0 Å². The van der Waals surface area contributed by atoms with E-state index in [9.17, 15) is 24.0 Å². The Morgan fingerprint density at radius 2 is 1.71 bits per heavy atom. The summed E-state index contributed by atoms with van der Waals surface area (Å²) in [6.07, 6.45) is 1.46. The SMILES string of the molecule is C[C@H]1COc2ccccc2C(=O)N[C@H](C(=O)NCc2cccc(CN3CCOCC3)c2)CCC(=O)NCCCCC(=O)N(C)CC(=O)N1. The lowest BCUT2D eigenvalue weighted by molar-refractivity contribution is -0.135. The first-order valence-corrected chi connectivity index (χ1v) is 16.7. The highest BCUT2D eigenvalue weighted by molar-refractivity contribution is 5.99. The minimum absolute atomic E-state index is 0.0124. The lowest BCUT2D eigenvalue weighted by Crippen LogP contribution is -2.47. The summed E-state index contributed by atoms with van der Waals surface area (Å²) in [5.41, 5.74) is 2.27. The number of carbonyl (C=O) groups is 5. The van der Waals surface area contributed by atoms with Gasteiger partial charge in [-0.2, -0.15) is 0 Å². The Labute approximate surface area is 282 Å². The number of nitrogens with zero attached hydrogens (tertiary/aromatic N) is 2. The Hall–Kier alpha value is -4.49. The molecule has 0 aliphatic carbocycles. The van der Waals surface area contributed by atoms with Crippen LogP contribution in [0.5, 0.6) is 5.75 Å². The Kier molecular flexibility index (Phi) is 14.2. The van der Waals surface area contributed by atoms with Crippen molar-refractivity contribution in [1.82, 2.24) is 31.1 Å². The molecule has 2 aliphatic rings. The molecule has 5 amide bonds. The molecule has 1 fully saturated rings. The van der Waals surface area contributed by atoms with Crippen molar-refractivity contribution in [3.8, 4) is 5.75 Å². The molecule has 4 rings (SSSR count). The van der Waals surface area contributed by atoms with Crippen LogP contribution in [0.4, 0.5) is 0 Å². The molecule has 4 N–H and O–H groups in total. The van der Waals surface area contributed by atoms with Crippen LogP contribution in [0.1, 0.15) is 60.5 Å². The highest BCUT2D eigenvalue weighted by Gasteiger charge is 2.25.